The number of aromatic hydroxyl groups is 1. The molecule has 0 aliphatic heterocycles. The monoisotopic (exact) mass is 391 g/mol. The van der Waals surface area contributed by atoms with Crippen LogP contribution in [-0.4, -0.2) is 43.7 Å². The summed E-state index contributed by atoms with van der Waals surface area (Å²) in [5, 5.41) is 12.0. The number of carbonyl (C=O) groups is 1. The Bertz CT molecular complexity index is 1050. The Morgan fingerprint density at radius 2 is 1.56 bits per heavy atom. The molecule has 0 bridgehead atoms. The van der Waals surface area contributed by atoms with Gasteiger partial charge in [-0.2, -0.15) is 16.8 Å². The Balaban J connectivity index is 2.83. The van der Waals surface area contributed by atoms with Crippen molar-refractivity contribution >= 4 is 42.8 Å². The summed E-state index contributed by atoms with van der Waals surface area (Å²) in [6.45, 7) is 1.54. The largest absolute Gasteiger partial charge is 0.507 e. The number of phenols is 1. The van der Waals surface area contributed by atoms with Gasteiger partial charge in [0.2, 0.25) is 0 Å². The molecule has 4 N–H and O–H groups in total. The summed E-state index contributed by atoms with van der Waals surface area (Å²) in [6, 6.07) is 3.33. The van der Waals surface area contributed by atoms with Gasteiger partial charge in [-0.25, -0.2) is 4.79 Å². The molecule has 0 aliphatic rings. The average Bonchev–Trinajstić information content (AvgIpc) is 2.44. The van der Waals surface area contributed by atoms with Gasteiger partial charge in [0.15, 0.2) is 0 Å². The molecule has 0 aromatic heterocycles. The number of ether oxygens (including phenoxy) is 1. The fourth-order valence-corrected chi connectivity index (χ4v) is 3.19. The van der Waals surface area contributed by atoms with Gasteiger partial charge < -0.3 is 9.84 Å². The molecule has 10 nitrogen and oxygen atoms in total. The van der Waals surface area contributed by atoms with Crippen LogP contribution in [0, 0.1) is 0 Å². The number of carbonyl (C=O) groups excluding carboxylic acids is 1. The summed E-state index contributed by atoms with van der Waals surface area (Å²) >= 11 is 0. The van der Waals surface area contributed by atoms with Crippen molar-refractivity contribution < 1.29 is 40.6 Å². The van der Waals surface area contributed by atoms with Gasteiger partial charge in [-0.3, -0.25) is 14.4 Å². The van der Waals surface area contributed by atoms with E-state index in [0.717, 1.165) is 24.3 Å². The van der Waals surface area contributed by atoms with Crippen LogP contribution in [0.2, 0.25) is 0 Å². The van der Waals surface area contributed by atoms with Gasteiger partial charge in [-0.1, -0.05) is 0 Å². The third-order valence-electron chi connectivity index (χ3n) is 3.08. The van der Waals surface area contributed by atoms with Gasteiger partial charge in [0.25, 0.3) is 20.2 Å². The fourth-order valence-electron chi connectivity index (χ4n) is 2.11. The normalized spacial score (nSPS) is 12.1. The molecule has 0 atom stereocenters. The zero-order valence-corrected chi connectivity index (χ0v) is 14.3. The predicted octanol–water partition coefficient (Wildman–Crippen LogP) is 1.61. The van der Waals surface area contributed by atoms with Crippen molar-refractivity contribution in [3.8, 4) is 5.75 Å². The lowest BCUT2D eigenvalue weighted by Gasteiger charge is -2.13. The minimum Gasteiger partial charge on any atom is -0.507 e. The van der Waals surface area contributed by atoms with Crippen LogP contribution in [0.15, 0.2) is 34.1 Å². The number of nitrogens with one attached hydrogen (secondary N) is 1. The highest BCUT2D eigenvalue weighted by molar-refractivity contribution is 7.86. The minimum absolute atomic E-state index is 0.0145. The molecule has 2 rings (SSSR count). The number of amides is 1. The van der Waals surface area contributed by atoms with Crippen molar-refractivity contribution in [2.24, 2.45) is 0 Å². The molecular formula is C13H13NO9S2. The predicted molar refractivity (Wildman–Crippen MR) is 85.9 cm³/mol. The second-order valence-corrected chi connectivity index (χ2v) is 7.65. The second kappa shape index (κ2) is 6.48. The first-order valence-corrected chi connectivity index (χ1v) is 9.51. The Morgan fingerprint density at radius 1 is 1.04 bits per heavy atom. The molecule has 2 aromatic rings. The summed E-state index contributed by atoms with van der Waals surface area (Å²) in [5.74, 6) is -0.654. The van der Waals surface area contributed by atoms with Crippen molar-refractivity contribution in [2.75, 3.05) is 11.9 Å². The Kier molecular flexibility index (Phi) is 4.90. The van der Waals surface area contributed by atoms with Crippen LogP contribution in [-0.2, 0) is 25.0 Å². The van der Waals surface area contributed by atoms with Gasteiger partial charge in [-0.05, 0) is 30.5 Å². The van der Waals surface area contributed by atoms with Crippen LogP contribution in [0.25, 0.3) is 10.8 Å². The van der Waals surface area contributed by atoms with Gasteiger partial charge in [-0.15, -0.1) is 0 Å². The van der Waals surface area contributed by atoms with Gasteiger partial charge in [0.1, 0.15) is 5.75 Å². The van der Waals surface area contributed by atoms with E-state index in [-0.39, 0.29) is 23.1 Å². The van der Waals surface area contributed by atoms with Crippen LogP contribution < -0.4 is 5.32 Å². The number of hydrogen-bond donors (Lipinski definition) is 4. The molecule has 12 heteroatoms. The van der Waals surface area contributed by atoms with Crippen LogP contribution in [0.5, 0.6) is 5.75 Å². The van der Waals surface area contributed by atoms with E-state index in [1.807, 2.05) is 0 Å². The lowest BCUT2D eigenvalue weighted by molar-refractivity contribution is 0.168. The Hall–Kier alpha value is -2.41. The number of benzene rings is 2. The maximum Gasteiger partial charge on any atom is 0.411 e. The maximum absolute atomic E-state index is 11.6. The molecular weight excluding hydrogens is 378 g/mol. The van der Waals surface area contributed by atoms with Crippen molar-refractivity contribution in [1.29, 1.82) is 0 Å². The molecule has 0 radical (unpaired) electrons. The summed E-state index contributed by atoms with van der Waals surface area (Å²) in [4.78, 5) is 10.2. The molecule has 0 heterocycles. The number of phenolic OH excluding ortho intramolecular Hbond substituents is 1. The third-order valence-corrected chi connectivity index (χ3v) is 4.75. The summed E-state index contributed by atoms with van der Waals surface area (Å²) in [6.07, 6.45) is -0.963. The van der Waals surface area contributed by atoms with Crippen molar-refractivity contribution in [2.45, 2.75) is 16.7 Å². The van der Waals surface area contributed by atoms with Crippen molar-refractivity contribution in [1.82, 2.24) is 0 Å². The second-order valence-electron chi connectivity index (χ2n) is 4.81. The van der Waals surface area contributed by atoms with E-state index < -0.39 is 41.9 Å². The summed E-state index contributed by atoms with van der Waals surface area (Å²) < 4.78 is 68.2. The Morgan fingerprint density at radius 3 is 2.04 bits per heavy atom. The molecule has 0 saturated heterocycles. The highest BCUT2D eigenvalue weighted by Gasteiger charge is 2.20. The molecule has 0 unspecified atom stereocenters. The quantitative estimate of drug-likeness (QED) is 0.566. The topological polar surface area (TPSA) is 167 Å². The fraction of sp³-hybridized carbons (Fsp3) is 0.154. The molecule has 1 amide bonds. The maximum atomic E-state index is 11.6. The first kappa shape index (κ1) is 18.9. The van der Waals surface area contributed by atoms with E-state index in [0.29, 0.717) is 0 Å². The first-order chi connectivity index (χ1) is 11.4. The van der Waals surface area contributed by atoms with Gasteiger partial charge in [0, 0.05) is 11.5 Å². The van der Waals surface area contributed by atoms with E-state index in [1.54, 1.807) is 0 Å². The zero-order chi connectivity index (χ0) is 19.0. The van der Waals surface area contributed by atoms with E-state index >= 15 is 0 Å². The van der Waals surface area contributed by atoms with Crippen LogP contribution in [0.1, 0.15) is 6.92 Å². The number of fused-ring (bicyclic) bond motifs is 1. The molecule has 0 fully saturated rings. The Labute approximate surface area is 142 Å². The van der Waals surface area contributed by atoms with Gasteiger partial charge >= 0.3 is 6.09 Å². The van der Waals surface area contributed by atoms with E-state index in [2.05, 4.69) is 10.1 Å². The van der Waals surface area contributed by atoms with Crippen LogP contribution in [0.3, 0.4) is 0 Å². The molecule has 0 spiro atoms. The standard InChI is InChI=1S/C13H13NO9S2/c1-2-23-13(16)14-10-5-8(24(17,18)19)3-7-4-9(25(20,21)22)6-11(15)12(7)10/h3-6,15H,2H2,1H3,(H,14,16)(H,17,18,19)(H,20,21,22). The molecule has 136 valence electrons. The lowest BCUT2D eigenvalue weighted by Crippen LogP contribution is -2.14. The van der Waals surface area contributed by atoms with Crippen molar-refractivity contribution in [3.63, 3.8) is 0 Å². The average molecular weight is 391 g/mol. The minimum atomic E-state index is -4.71. The van der Waals surface area contributed by atoms with E-state index in [9.17, 15) is 31.3 Å². The number of anilines is 1. The molecule has 0 aliphatic carbocycles. The van der Waals surface area contributed by atoms with Crippen LogP contribution in [0.4, 0.5) is 10.5 Å². The zero-order valence-electron chi connectivity index (χ0n) is 12.6. The van der Waals surface area contributed by atoms with Gasteiger partial charge in [0.05, 0.1) is 22.1 Å². The van der Waals surface area contributed by atoms with Crippen LogP contribution >= 0.6 is 0 Å². The summed E-state index contributed by atoms with van der Waals surface area (Å²) in [7, 11) is -9.41. The first-order valence-electron chi connectivity index (χ1n) is 6.63. The highest BCUT2D eigenvalue weighted by atomic mass is 32.2. The summed E-state index contributed by atoms with van der Waals surface area (Å²) in [5.41, 5.74) is -0.247. The number of rotatable bonds is 4. The number of hydrogen-bond acceptors (Lipinski definition) is 7. The third kappa shape index (κ3) is 4.17. The smallest absolute Gasteiger partial charge is 0.411 e. The lowest BCUT2D eigenvalue weighted by atomic mass is 10.1. The molecule has 0 saturated carbocycles. The van der Waals surface area contributed by atoms with Crippen molar-refractivity contribution in [3.05, 3.63) is 24.3 Å². The SMILES string of the molecule is CCOC(=O)Nc1cc(S(=O)(=O)O)cc2cc(S(=O)(=O)O)cc(O)c12. The van der Waals surface area contributed by atoms with E-state index in [1.165, 1.54) is 6.92 Å². The molecule has 25 heavy (non-hydrogen) atoms. The van der Waals surface area contributed by atoms with E-state index in [4.69, 9.17) is 4.55 Å². The highest BCUT2D eigenvalue weighted by Crippen LogP contribution is 2.36. The molecule has 2 aromatic carbocycles.